The maximum Gasteiger partial charge on any atom is 0.306 e. The Hall–Kier alpha value is -1.55. The van der Waals surface area contributed by atoms with Crippen LogP contribution < -0.4 is 21.7 Å². The summed E-state index contributed by atoms with van der Waals surface area (Å²) in [6, 6.07) is 9.63. The lowest BCUT2D eigenvalue weighted by molar-refractivity contribution is -0.143. The summed E-state index contributed by atoms with van der Waals surface area (Å²) >= 11 is 0. The number of carboxylic acid groups (broad SMARTS) is 1. The van der Waals surface area contributed by atoms with Crippen molar-refractivity contribution in [3.63, 3.8) is 0 Å². The van der Waals surface area contributed by atoms with Crippen molar-refractivity contribution in [2.75, 3.05) is 6.54 Å². The molecule has 6 bridgehead atoms. The SMILES string of the molecule is CC1NC2(CCC1O)CCC1CC2CC2Cc3cccc(c3)CC3CC(C)(CC(N)N3)NCC(O)(CC(=O)O)CCCCCC12. The molecule has 1 aromatic rings. The number of carboxylic acids is 1. The Bertz CT molecular complexity index is 1180. The van der Waals surface area contributed by atoms with E-state index in [4.69, 9.17) is 5.73 Å². The Labute approximate surface area is 270 Å². The summed E-state index contributed by atoms with van der Waals surface area (Å²) < 4.78 is 0. The molecular formula is C37H60N4O4. The first kappa shape index (κ1) is 33.4. The molecule has 8 heteroatoms. The molecule has 3 aliphatic heterocycles. The molecule has 2 aliphatic carbocycles. The van der Waals surface area contributed by atoms with E-state index in [-0.39, 0.29) is 48.4 Å². The van der Waals surface area contributed by atoms with E-state index in [1.807, 2.05) is 0 Å². The van der Waals surface area contributed by atoms with Crippen LogP contribution in [0.5, 0.6) is 0 Å². The molecule has 45 heavy (non-hydrogen) atoms. The van der Waals surface area contributed by atoms with Crippen LogP contribution >= 0.6 is 0 Å². The number of rotatable bonds is 2. The fourth-order valence-corrected chi connectivity index (χ4v) is 10.7. The van der Waals surface area contributed by atoms with Crippen molar-refractivity contribution in [1.29, 1.82) is 0 Å². The minimum atomic E-state index is -1.27. The van der Waals surface area contributed by atoms with Gasteiger partial charge in [0.05, 0.1) is 24.3 Å². The first-order valence-corrected chi connectivity index (χ1v) is 18.2. The van der Waals surface area contributed by atoms with Crippen LogP contribution in [0.25, 0.3) is 0 Å². The quantitative estimate of drug-likeness (QED) is 0.259. The minimum Gasteiger partial charge on any atom is -0.481 e. The zero-order valence-corrected chi connectivity index (χ0v) is 27.8. The zero-order chi connectivity index (χ0) is 31.8. The van der Waals surface area contributed by atoms with Gasteiger partial charge in [0.2, 0.25) is 0 Å². The van der Waals surface area contributed by atoms with E-state index in [2.05, 4.69) is 54.1 Å². The minimum absolute atomic E-state index is 0.158. The number of carbonyl (C=O) groups is 1. The monoisotopic (exact) mass is 624 g/mol. The number of hydrogen-bond donors (Lipinski definition) is 7. The maximum atomic E-state index is 11.8. The second-order valence-corrected chi connectivity index (χ2v) is 16.5. The smallest absolute Gasteiger partial charge is 0.306 e. The van der Waals surface area contributed by atoms with Crippen molar-refractivity contribution < 1.29 is 20.1 Å². The summed E-state index contributed by atoms with van der Waals surface area (Å²) in [6.07, 6.45) is 14.7. The number of aliphatic hydroxyl groups is 2. The Morgan fingerprint density at radius 3 is 2.53 bits per heavy atom. The van der Waals surface area contributed by atoms with Crippen molar-refractivity contribution in [1.82, 2.24) is 16.0 Å². The molecular weight excluding hydrogens is 564 g/mol. The molecule has 0 amide bonds. The molecule has 11 unspecified atom stereocenters. The Morgan fingerprint density at radius 1 is 1.00 bits per heavy atom. The van der Waals surface area contributed by atoms with Crippen molar-refractivity contribution >= 4 is 5.97 Å². The molecule has 2 saturated heterocycles. The fourth-order valence-electron chi connectivity index (χ4n) is 10.7. The van der Waals surface area contributed by atoms with Gasteiger partial charge >= 0.3 is 5.97 Å². The van der Waals surface area contributed by atoms with Crippen LogP contribution in [0.3, 0.4) is 0 Å². The van der Waals surface area contributed by atoms with Crippen LogP contribution in [0.2, 0.25) is 0 Å². The lowest BCUT2D eigenvalue weighted by Crippen LogP contribution is -2.64. The number of aliphatic carboxylic acids is 1. The van der Waals surface area contributed by atoms with E-state index in [1.54, 1.807) is 0 Å². The summed E-state index contributed by atoms with van der Waals surface area (Å²) in [7, 11) is 0. The second kappa shape index (κ2) is 13.5. The predicted octanol–water partition coefficient (Wildman–Crippen LogP) is 4.25. The topological polar surface area (TPSA) is 140 Å². The average molecular weight is 625 g/mol. The van der Waals surface area contributed by atoms with Gasteiger partial charge in [0, 0.05) is 29.7 Å². The van der Waals surface area contributed by atoms with Crippen molar-refractivity contribution in [2.24, 2.45) is 29.4 Å². The lowest BCUT2D eigenvalue weighted by Gasteiger charge is -2.58. The molecule has 0 aromatic heterocycles. The van der Waals surface area contributed by atoms with Gasteiger partial charge in [0.1, 0.15) is 0 Å². The molecule has 5 aliphatic rings. The van der Waals surface area contributed by atoms with E-state index in [0.29, 0.717) is 24.2 Å². The highest BCUT2D eigenvalue weighted by Gasteiger charge is 2.52. The van der Waals surface area contributed by atoms with Crippen molar-refractivity contribution in [3.05, 3.63) is 35.4 Å². The Kier molecular flexibility index (Phi) is 10.0. The summed E-state index contributed by atoms with van der Waals surface area (Å²) in [4.78, 5) is 11.8. The number of nitrogens with one attached hydrogen (secondary N) is 3. The van der Waals surface area contributed by atoms with E-state index < -0.39 is 11.6 Å². The highest BCUT2D eigenvalue weighted by Crippen LogP contribution is 2.54. The summed E-state index contributed by atoms with van der Waals surface area (Å²) in [5.41, 5.74) is 7.94. The molecule has 2 saturated carbocycles. The molecule has 0 radical (unpaired) electrons. The molecule has 8 N–H and O–H groups in total. The summed E-state index contributed by atoms with van der Waals surface area (Å²) in [6.45, 7) is 4.60. The highest BCUT2D eigenvalue weighted by molar-refractivity contribution is 5.68. The van der Waals surface area contributed by atoms with Crippen molar-refractivity contribution in [2.45, 2.75) is 158 Å². The largest absolute Gasteiger partial charge is 0.481 e. The van der Waals surface area contributed by atoms with Gasteiger partial charge in [-0.15, -0.1) is 0 Å². The van der Waals surface area contributed by atoms with E-state index in [1.165, 1.54) is 43.2 Å². The number of nitrogens with two attached hydrogens (primary N) is 1. The third kappa shape index (κ3) is 7.79. The van der Waals surface area contributed by atoms with Gasteiger partial charge in [0.25, 0.3) is 0 Å². The molecule has 252 valence electrons. The number of benzene rings is 1. The van der Waals surface area contributed by atoms with E-state index in [9.17, 15) is 20.1 Å². The molecule has 4 fully saturated rings. The first-order valence-electron chi connectivity index (χ1n) is 18.2. The number of hydrogen-bond acceptors (Lipinski definition) is 7. The van der Waals surface area contributed by atoms with Crippen LogP contribution in [0, 0.1) is 23.7 Å². The van der Waals surface area contributed by atoms with Crippen LogP contribution in [-0.4, -0.2) is 68.9 Å². The first-order chi connectivity index (χ1) is 21.4. The van der Waals surface area contributed by atoms with Crippen LogP contribution in [0.15, 0.2) is 24.3 Å². The third-order valence-corrected chi connectivity index (χ3v) is 12.9. The predicted molar refractivity (Wildman–Crippen MR) is 178 cm³/mol. The molecule has 1 spiro atoms. The second-order valence-electron chi connectivity index (χ2n) is 16.5. The van der Waals surface area contributed by atoms with Crippen molar-refractivity contribution in [3.8, 4) is 0 Å². The van der Waals surface area contributed by atoms with Gasteiger partial charge in [-0.1, -0.05) is 43.5 Å². The molecule has 1 aromatic carbocycles. The van der Waals surface area contributed by atoms with Gasteiger partial charge in [-0.3, -0.25) is 10.1 Å². The van der Waals surface area contributed by atoms with E-state index in [0.717, 1.165) is 63.7 Å². The average Bonchev–Trinajstić information content (AvgIpc) is 2.96. The maximum absolute atomic E-state index is 11.8. The van der Waals surface area contributed by atoms with Gasteiger partial charge in [-0.2, -0.15) is 0 Å². The van der Waals surface area contributed by atoms with Crippen LogP contribution in [0.4, 0.5) is 0 Å². The normalized spacial score (nSPS) is 44.7. The summed E-state index contributed by atoms with van der Waals surface area (Å²) in [5.74, 6) is 1.80. The molecule has 11 atom stereocenters. The Balaban J connectivity index is 1.25. The van der Waals surface area contributed by atoms with Crippen LogP contribution in [0.1, 0.15) is 115 Å². The standard InChI is InChI=1S/C37H60N4O4/c1-24-32(42)11-14-37(41-24)13-10-27-18-29(37)19-28-16-25-7-6-8-26(15-25)17-30-20-35(2,21-33(38)40-30)39-23-36(45,22-34(43)44)12-5-3-4-9-31(27)28/h6-8,15,24,27-33,39-42,45H,3-5,9-14,16-23,38H2,1-2H3,(H,43,44). The third-order valence-electron chi connectivity index (χ3n) is 12.9. The van der Waals surface area contributed by atoms with Gasteiger partial charge in [0.15, 0.2) is 0 Å². The summed E-state index contributed by atoms with van der Waals surface area (Å²) in [5, 5.41) is 42.9. The van der Waals surface area contributed by atoms with E-state index >= 15 is 0 Å². The fraction of sp³-hybridized carbons (Fsp3) is 0.811. The zero-order valence-electron chi connectivity index (χ0n) is 27.8. The molecule has 6 rings (SSSR count). The number of piperidine rings is 2. The Morgan fingerprint density at radius 2 is 1.76 bits per heavy atom. The number of aliphatic hydroxyl groups excluding tert-OH is 1. The lowest BCUT2D eigenvalue weighted by atomic mass is 9.53. The molecule has 3 heterocycles. The number of fused-ring (bicyclic) bond motifs is 9. The van der Waals surface area contributed by atoms with Crippen LogP contribution in [-0.2, 0) is 17.6 Å². The molecule has 8 nitrogen and oxygen atoms in total. The van der Waals surface area contributed by atoms with Gasteiger partial charge < -0.3 is 31.7 Å². The van der Waals surface area contributed by atoms with Gasteiger partial charge in [-0.05, 0) is 126 Å². The van der Waals surface area contributed by atoms with Gasteiger partial charge in [-0.25, -0.2) is 0 Å². The highest BCUT2D eigenvalue weighted by atomic mass is 16.4. The number of β-amino-alcohol motifs (C(OH)–C–C–N with tert-alkyl or cyclic N) is 1.